The van der Waals surface area contributed by atoms with Gasteiger partial charge >= 0.3 is 0 Å². The van der Waals surface area contributed by atoms with Gasteiger partial charge in [0, 0.05) is 33.9 Å². The number of hydrogen-bond donors (Lipinski definition) is 0. The molecule has 0 aliphatic carbocycles. The zero-order valence-corrected chi connectivity index (χ0v) is 11.4. The summed E-state index contributed by atoms with van der Waals surface area (Å²) in [6, 6.07) is 6.40. The van der Waals surface area contributed by atoms with Crippen molar-refractivity contribution in [2.75, 3.05) is 6.26 Å². The summed E-state index contributed by atoms with van der Waals surface area (Å²) in [5, 5.41) is 1.37. The second-order valence-electron chi connectivity index (χ2n) is 3.51. The Bertz CT molecular complexity index is 476. The third kappa shape index (κ3) is 1.95. The molecule has 0 unspecified atom stereocenters. The summed E-state index contributed by atoms with van der Waals surface area (Å²) < 4.78 is 3.52. The predicted octanol–water partition coefficient (Wildman–Crippen LogP) is 4.29. The van der Waals surface area contributed by atoms with E-state index < -0.39 is 0 Å². The van der Waals surface area contributed by atoms with E-state index in [4.69, 9.17) is 0 Å². The van der Waals surface area contributed by atoms with Gasteiger partial charge < -0.3 is 4.57 Å². The predicted molar refractivity (Wildman–Crippen MR) is 72.5 cm³/mol. The zero-order chi connectivity index (χ0) is 10.8. The highest BCUT2D eigenvalue weighted by Gasteiger charge is 2.09. The average Bonchev–Trinajstić information content (AvgIpc) is 2.59. The van der Waals surface area contributed by atoms with E-state index in [-0.39, 0.29) is 0 Å². The molecule has 0 spiro atoms. The fourth-order valence-electron chi connectivity index (χ4n) is 1.92. The normalized spacial score (nSPS) is 11.1. The highest BCUT2D eigenvalue weighted by molar-refractivity contribution is 9.10. The molecule has 1 aromatic heterocycles. The van der Waals surface area contributed by atoms with Crippen molar-refractivity contribution in [2.24, 2.45) is 0 Å². The number of benzene rings is 1. The SMILES string of the molecule is CCn1cc(CSC)c2c(Br)cccc21. The van der Waals surface area contributed by atoms with E-state index in [1.807, 2.05) is 11.8 Å². The maximum absolute atomic E-state index is 3.64. The minimum atomic E-state index is 1.03. The Balaban J connectivity index is 2.70. The molecular weight excluding hydrogens is 270 g/mol. The van der Waals surface area contributed by atoms with Crippen LogP contribution in [-0.2, 0) is 12.3 Å². The molecule has 3 heteroatoms. The van der Waals surface area contributed by atoms with Gasteiger partial charge in [0.05, 0.1) is 0 Å². The van der Waals surface area contributed by atoms with Crippen LogP contribution in [0.3, 0.4) is 0 Å². The third-order valence-electron chi connectivity index (χ3n) is 2.57. The summed E-state index contributed by atoms with van der Waals surface area (Å²) in [6.07, 6.45) is 4.41. The van der Waals surface area contributed by atoms with Crippen molar-refractivity contribution >= 4 is 38.6 Å². The molecule has 0 saturated heterocycles. The smallest absolute Gasteiger partial charge is 0.0494 e. The van der Waals surface area contributed by atoms with E-state index in [1.54, 1.807) is 0 Å². The lowest BCUT2D eigenvalue weighted by Gasteiger charge is -2.00. The lowest BCUT2D eigenvalue weighted by molar-refractivity contribution is 0.795. The molecule has 80 valence electrons. The number of thioether (sulfide) groups is 1. The Kier molecular flexibility index (Phi) is 3.42. The van der Waals surface area contributed by atoms with Crippen LogP contribution in [0.2, 0.25) is 0 Å². The van der Waals surface area contributed by atoms with Crippen LogP contribution in [-0.4, -0.2) is 10.8 Å². The molecule has 0 amide bonds. The summed E-state index contributed by atoms with van der Waals surface area (Å²) in [6.45, 7) is 3.21. The fraction of sp³-hybridized carbons (Fsp3) is 0.333. The molecule has 0 aliphatic rings. The molecule has 1 nitrogen and oxygen atoms in total. The van der Waals surface area contributed by atoms with Crippen LogP contribution in [0.4, 0.5) is 0 Å². The molecule has 2 rings (SSSR count). The van der Waals surface area contributed by atoms with Gasteiger partial charge in [0.25, 0.3) is 0 Å². The van der Waals surface area contributed by atoms with E-state index in [0.29, 0.717) is 0 Å². The first kappa shape index (κ1) is 11.1. The number of nitrogens with zero attached hydrogens (tertiary/aromatic N) is 1. The molecular formula is C12H14BrNS. The topological polar surface area (TPSA) is 4.93 Å². The van der Waals surface area contributed by atoms with Crippen molar-refractivity contribution in [3.8, 4) is 0 Å². The maximum Gasteiger partial charge on any atom is 0.0494 e. The van der Waals surface area contributed by atoms with Crippen LogP contribution < -0.4 is 0 Å². The first-order chi connectivity index (χ1) is 7.27. The van der Waals surface area contributed by atoms with Crippen LogP contribution in [0.5, 0.6) is 0 Å². The summed E-state index contributed by atoms with van der Waals surface area (Å²) >= 11 is 5.51. The van der Waals surface area contributed by atoms with Gasteiger partial charge in [-0.05, 0) is 30.9 Å². The molecule has 0 fully saturated rings. The number of halogens is 1. The van der Waals surface area contributed by atoms with Crippen molar-refractivity contribution in [1.82, 2.24) is 4.57 Å². The highest BCUT2D eigenvalue weighted by Crippen LogP contribution is 2.30. The number of fused-ring (bicyclic) bond motifs is 1. The minimum Gasteiger partial charge on any atom is -0.347 e. The molecule has 15 heavy (non-hydrogen) atoms. The van der Waals surface area contributed by atoms with Crippen LogP contribution in [0.15, 0.2) is 28.9 Å². The van der Waals surface area contributed by atoms with Gasteiger partial charge in [0.1, 0.15) is 0 Å². The molecule has 0 N–H and O–H groups in total. The number of aromatic nitrogens is 1. The molecule has 0 bridgehead atoms. The third-order valence-corrected chi connectivity index (χ3v) is 3.83. The van der Waals surface area contributed by atoms with Crippen molar-refractivity contribution in [3.05, 3.63) is 34.4 Å². The van der Waals surface area contributed by atoms with Crippen LogP contribution in [0.25, 0.3) is 10.9 Å². The Morgan fingerprint density at radius 3 is 2.87 bits per heavy atom. The van der Waals surface area contributed by atoms with Crippen LogP contribution in [0.1, 0.15) is 12.5 Å². The number of aryl methyl sites for hydroxylation is 1. The first-order valence-corrected chi connectivity index (χ1v) is 7.21. The minimum absolute atomic E-state index is 1.03. The van der Waals surface area contributed by atoms with E-state index in [9.17, 15) is 0 Å². The van der Waals surface area contributed by atoms with Crippen LogP contribution in [0, 0.1) is 0 Å². The standard InChI is InChI=1S/C12H14BrNS/c1-3-14-7-9(8-15-2)12-10(13)5-4-6-11(12)14/h4-7H,3,8H2,1-2H3. The van der Waals surface area contributed by atoms with Crippen molar-refractivity contribution in [2.45, 2.75) is 19.2 Å². The van der Waals surface area contributed by atoms with Gasteiger partial charge in [-0.25, -0.2) is 0 Å². The maximum atomic E-state index is 3.64. The first-order valence-electron chi connectivity index (χ1n) is 5.03. The van der Waals surface area contributed by atoms with Crippen LogP contribution >= 0.6 is 27.7 Å². The Morgan fingerprint density at radius 1 is 1.40 bits per heavy atom. The summed E-state index contributed by atoms with van der Waals surface area (Å²) in [5.74, 6) is 1.08. The zero-order valence-electron chi connectivity index (χ0n) is 8.96. The molecule has 0 saturated carbocycles. The number of rotatable bonds is 3. The van der Waals surface area contributed by atoms with E-state index in [0.717, 1.165) is 12.3 Å². The lowest BCUT2D eigenvalue weighted by atomic mass is 10.2. The van der Waals surface area contributed by atoms with E-state index in [2.05, 4.69) is 58.1 Å². The van der Waals surface area contributed by atoms with Crippen molar-refractivity contribution in [3.63, 3.8) is 0 Å². The molecule has 0 atom stereocenters. The van der Waals surface area contributed by atoms with Gasteiger partial charge in [-0.1, -0.05) is 22.0 Å². The average molecular weight is 284 g/mol. The Labute approximate surface area is 103 Å². The van der Waals surface area contributed by atoms with Crippen molar-refractivity contribution < 1.29 is 0 Å². The Morgan fingerprint density at radius 2 is 2.20 bits per heavy atom. The van der Waals surface area contributed by atoms with Gasteiger partial charge in [0.2, 0.25) is 0 Å². The van der Waals surface area contributed by atoms with Gasteiger partial charge in [0.15, 0.2) is 0 Å². The largest absolute Gasteiger partial charge is 0.347 e. The summed E-state index contributed by atoms with van der Waals surface area (Å²) in [4.78, 5) is 0. The highest BCUT2D eigenvalue weighted by atomic mass is 79.9. The second-order valence-corrected chi connectivity index (χ2v) is 5.23. The van der Waals surface area contributed by atoms with Gasteiger partial charge in [-0.2, -0.15) is 11.8 Å². The molecule has 0 aliphatic heterocycles. The summed E-state index contributed by atoms with van der Waals surface area (Å²) in [7, 11) is 0. The van der Waals surface area contributed by atoms with E-state index in [1.165, 1.54) is 20.9 Å². The molecule has 1 heterocycles. The second kappa shape index (κ2) is 4.62. The van der Waals surface area contributed by atoms with Crippen molar-refractivity contribution in [1.29, 1.82) is 0 Å². The molecule has 1 aromatic carbocycles. The van der Waals surface area contributed by atoms with Gasteiger partial charge in [-0.3, -0.25) is 0 Å². The monoisotopic (exact) mass is 283 g/mol. The Hall–Kier alpha value is -0.410. The number of hydrogen-bond acceptors (Lipinski definition) is 1. The quantitative estimate of drug-likeness (QED) is 0.814. The fourth-order valence-corrected chi connectivity index (χ4v) is 3.06. The van der Waals surface area contributed by atoms with E-state index >= 15 is 0 Å². The van der Waals surface area contributed by atoms with Gasteiger partial charge in [-0.15, -0.1) is 0 Å². The lowest BCUT2D eigenvalue weighted by Crippen LogP contribution is -1.89. The molecule has 2 aromatic rings. The summed E-state index contributed by atoms with van der Waals surface area (Å²) in [5.41, 5.74) is 2.75. The molecule has 0 radical (unpaired) electrons.